The van der Waals surface area contributed by atoms with E-state index < -0.39 is 0 Å². The number of benzene rings is 1. The molecule has 24 heavy (non-hydrogen) atoms. The number of hydrogen-bond donors (Lipinski definition) is 0. The van der Waals surface area contributed by atoms with Crippen LogP contribution in [0, 0.1) is 19.8 Å². The first-order valence-electron chi connectivity index (χ1n) is 8.62. The number of carbonyl (C=O) groups is 1. The highest BCUT2D eigenvalue weighted by atomic mass is 32.2. The minimum absolute atomic E-state index is 0.334. The number of Topliss-reactive ketones (excluding diaryl/α,β-unsaturated/α-hetero) is 1. The molecule has 2 rings (SSSR count). The van der Waals surface area contributed by atoms with Crippen LogP contribution in [0.3, 0.4) is 0 Å². The lowest BCUT2D eigenvalue weighted by Gasteiger charge is -2.06. The van der Waals surface area contributed by atoms with Gasteiger partial charge in [-0.05, 0) is 38.3 Å². The fraction of sp³-hybridized carbons (Fsp3) is 0.500. The van der Waals surface area contributed by atoms with Gasteiger partial charge in [0.05, 0.1) is 11.4 Å². The minimum Gasteiger partial charge on any atom is -0.441 e. The molecule has 4 heteroatoms. The van der Waals surface area contributed by atoms with E-state index in [1.807, 2.05) is 19.1 Å². The molecule has 0 amide bonds. The number of aryl methyl sites for hydroxylation is 2. The lowest BCUT2D eigenvalue weighted by molar-refractivity contribution is -0.116. The van der Waals surface area contributed by atoms with E-state index in [1.54, 1.807) is 11.8 Å². The van der Waals surface area contributed by atoms with E-state index in [2.05, 4.69) is 37.9 Å². The summed E-state index contributed by atoms with van der Waals surface area (Å²) in [5, 5.41) is 0. The molecule has 1 aromatic heterocycles. The Morgan fingerprint density at radius 3 is 2.62 bits per heavy atom. The molecule has 0 fully saturated rings. The number of carbonyl (C=O) groups excluding carboxylic acids is 1. The van der Waals surface area contributed by atoms with Crippen molar-refractivity contribution in [2.24, 2.45) is 5.92 Å². The van der Waals surface area contributed by atoms with Crippen LogP contribution in [0.5, 0.6) is 0 Å². The Hall–Kier alpha value is -1.55. The fourth-order valence-corrected chi connectivity index (χ4v) is 3.26. The zero-order valence-corrected chi connectivity index (χ0v) is 15.9. The topological polar surface area (TPSA) is 43.1 Å². The molecule has 2 aromatic rings. The zero-order valence-electron chi connectivity index (χ0n) is 15.1. The monoisotopic (exact) mass is 345 g/mol. The molecule has 0 N–H and O–H groups in total. The first kappa shape index (κ1) is 18.8. The third kappa shape index (κ3) is 5.52. The number of hydrogen-bond acceptors (Lipinski definition) is 4. The second kappa shape index (κ2) is 9.07. The highest BCUT2D eigenvalue weighted by Gasteiger charge is 2.12. The lowest BCUT2D eigenvalue weighted by atomic mass is 10.0. The van der Waals surface area contributed by atoms with Gasteiger partial charge in [-0.1, -0.05) is 38.0 Å². The first-order valence-corrected chi connectivity index (χ1v) is 9.77. The van der Waals surface area contributed by atoms with E-state index in [0.29, 0.717) is 29.8 Å². The second-order valence-corrected chi connectivity index (χ2v) is 7.46. The Morgan fingerprint density at radius 2 is 1.96 bits per heavy atom. The smallest absolute Gasteiger partial charge is 0.226 e. The second-order valence-electron chi connectivity index (χ2n) is 6.47. The van der Waals surface area contributed by atoms with Gasteiger partial charge in [-0.3, -0.25) is 4.79 Å². The molecule has 0 aliphatic carbocycles. The highest BCUT2D eigenvalue weighted by Crippen LogP contribution is 2.24. The molecule has 0 aliphatic rings. The van der Waals surface area contributed by atoms with Gasteiger partial charge in [0, 0.05) is 17.7 Å². The molecule has 1 unspecified atom stereocenters. The summed E-state index contributed by atoms with van der Waals surface area (Å²) in [6, 6.07) is 8.16. The number of ketones is 1. The van der Waals surface area contributed by atoms with Crippen LogP contribution in [0.1, 0.15) is 50.1 Å². The van der Waals surface area contributed by atoms with Crippen molar-refractivity contribution in [3.8, 4) is 11.5 Å². The normalized spacial score (nSPS) is 12.3. The van der Waals surface area contributed by atoms with Gasteiger partial charge < -0.3 is 4.42 Å². The molecule has 130 valence electrons. The molecule has 1 heterocycles. The average Bonchev–Trinajstić information content (AvgIpc) is 2.94. The van der Waals surface area contributed by atoms with Gasteiger partial charge in [0.25, 0.3) is 0 Å². The first-order chi connectivity index (χ1) is 11.5. The third-order valence-corrected chi connectivity index (χ3v) is 5.31. The summed E-state index contributed by atoms with van der Waals surface area (Å²) in [6.07, 6.45) is 2.82. The Morgan fingerprint density at radius 1 is 1.25 bits per heavy atom. The predicted molar refractivity (Wildman–Crippen MR) is 101 cm³/mol. The van der Waals surface area contributed by atoms with Crippen LogP contribution in [0.2, 0.25) is 0 Å². The molecule has 0 bridgehead atoms. The Labute approximate surface area is 149 Å². The molecule has 0 saturated carbocycles. The molecule has 0 saturated heterocycles. The van der Waals surface area contributed by atoms with E-state index in [1.165, 1.54) is 5.56 Å². The molecule has 0 radical (unpaired) electrons. The largest absolute Gasteiger partial charge is 0.441 e. The van der Waals surface area contributed by atoms with Gasteiger partial charge in [-0.15, -0.1) is 11.8 Å². The van der Waals surface area contributed by atoms with Crippen molar-refractivity contribution >= 4 is 17.5 Å². The molecule has 0 spiro atoms. The highest BCUT2D eigenvalue weighted by molar-refractivity contribution is 7.99. The summed E-state index contributed by atoms with van der Waals surface area (Å²) < 4.78 is 5.78. The Balaban J connectivity index is 1.85. The van der Waals surface area contributed by atoms with E-state index in [4.69, 9.17) is 4.42 Å². The van der Waals surface area contributed by atoms with Crippen molar-refractivity contribution in [3.05, 3.63) is 41.3 Å². The van der Waals surface area contributed by atoms with E-state index in [0.717, 1.165) is 35.6 Å². The number of oxazole rings is 1. The van der Waals surface area contributed by atoms with Crippen LogP contribution in [0.4, 0.5) is 0 Å². The number of aromatic nitrogens is 1. The number of rotatable bonds is 9. The Bertz CT molecular complexity index is 661. The van der Waals surface area contributed by atoms with Gasteiger partial charge >= 0.3 is 0 Å². The van der Waals surface area contributed by atoms with E-state index in [-0.39, 0.29) is 0 Å². The van der Waals surface area contributed by atoms with Gasteiger partial charge in [-0.2, -0.15) is 0 Å². The van der Waals surface area contributed by atoms with E-state index in [9.17, 15) is 4.79 Å². The average molecular weight is 346 g/mol. The van der Waals surface area contributed by atoms with E-state index >= 15 is 0 Å². The predicted octanol–water partition coefficient (Wildman–Crippen LogP) is 5.59. The Kier molecular flexibility index (Phi) is 7.10. The quantitative estimate of drug-likeness (QED) is 0.594. The third-order valence-electron chi connectivity index (χ3n) is 4.31. The minimum atomic E-state index is 0.334. The van der Waals surface area contributed by atoms with Gasteiger partial charge in [0.15, 0.2) is 0 Å². The summed E-state index contributed by atoms with van der Waals surface area (Å²) in [5.74, 6) is 3.74. The van der Waals surface area contributed by atoms with Gasteiger partial charge in [0.2, 0.25) is 5.89 Å². The van der Waals surface area contributed by atoms with Crippen molar-refractivity contribution in [2.45, 2.75) is 52.7 Å². The van der Waals surface area contributed by atoms with Gasteiger partial charge in [-0.25, -0.2) is 4.98 Å². The SMILES string of the molecule is CCC(C)CCC(=O)CSCc1nc(-c2ccc(C)cc2)oc1C. The zero-order chi connectivity index (χ0) is 17.5. The molecular formula is C20H27NO2S. The molecule has 0 aliphatic heterocycles. The molecule has 3 nitrogen and oxygen atoms in total. The number of thioether (sulfide) groups is 1. The molecule has 1 aromatic carbocycles. The van der Waals surface area contributed by atoms with Crippen LogP contribution in [-0.4, -0.2) is 16.5 Å². The van der Waals surface area contributed by atoms with Crippen molar-refractivity contribution in [1.29, 1.82) is 0 Å². The molecule has 1 atom stereocenters. The molecular weight excluding hydrogens is 318 g/mol. The fourth-order valence-electron chi connectivity index (χ4n) is 2.33. The maximum absolute atomic E-state index is 11.9. The van der Waals surface area contributed by atoms with Crippen molar-refractivity contribution in [2.75, 3.05) is 5.75 Å². The van der Waals surface area contributed by atoms with Crippen LogP contribution >= 0.6 is 11.8 Å². The van der Waals surface area contributed by atoms with Crippen LogP contribution in [0.15, 0.2) is 28.7 Å². The van der Waals surface area contributed by atoms with Crippen LogP contribution in [-0.2, 0) is 10.5 Å². The summed E-state index contributed by atoms with van der Waals surface area (Å²) >= 11 is 1.63. The summed E-state index contributed by atoms with van der Waals surface area (Å²) in [7, 11) is 0. The summed E-state index contributed by atoms with van der Waals surface area (Å²) in [5.41, 5.74) is 3.14. The summed E-state index contributed by atoms with van der Waals surface area (Å²) in [6.45, 7) is 8.37. The standard InChI is InChI=1S/C20H27NO2S/c1-5-14(2)8-11-18(22)12-24-13-19-16(4)23-20(21-19)17-9-6-15(3)7-10-17/h6-7,9-10,14H,5,8,11-13H2,1-4H3. The lowest BCUT2D eigenvalue weighted by Crippen LogP contribution is -2.04. The van der Waals surface area contributed by atoms with Gasteiger partial charge in [0.1, 0.15) is 11.5 Å². The van der Waals surface area contributed by atoms with Crippen molar-refractivity contribution in [1.82, 2.24) is 4.98 Å². The van der Waals surface area contributed by atoms with Crippen molar-refractivity contribution in [3.63, 3.8) is 0 Å². The summed E-state index contributed by atoms with van der Waals surface area (Å²) in [4.78, 5) is 16.5. The maximum atomic E-state index is 11.9. The number of nitrogens with zero attached hydrogens (tertiary/aromatic N) is 1. The van der Waals surface area contributed by atoms with Crippen LogP contribution < -0.4 is 0 Å². The van der Waals surface area contributed by atoms with Crippen molar-refractivity contribution < 1.29 is 9.21 Å². The maximum Gasteiger partial charge on any atom is 0.226 e. The van der Waals surface area contributed by atoms with Crippen LogP contribution in [0.25, 0.3) is 11.5 Å².